The average molecular weight is 484 g/mol. The van der Waals surface area contributed by atoms with E-state index in [-0.39, 0.29) is 36.4 Å². The molecule has 3 rings (SSSR count). The zero-order valence-corrected chi connectivity index (χ0v) is 18.9. The molecule has 1 fully saturated rings. The average Bonchev–Trinajstić information content (AvgIpc) is 2.69. The predicted molar refractivity (Wildman–Crippen MR) is 120 cm³/mol. The second kappa shape index (κ2) is 11.7. The number of nitrogens with one attached hydrogen (secondary N) is 2. The normalized spacial score (nSPS) is 16.3. The van der Waals surface area contributed by atoms with Gasteiger partial charge in [-0.3, -0.25) is 0 Å². The maximum Gasteiger partial charge on any atom is 0.419 e. The third-order valence-electron chi connectivity index (χ3n) is 4.95. The number of aromatic nitrogens is 2. The van der Waals surface area contributed by atoms with E-state index in [1.807, 2.05) is 20.0 Å². The molecule has 2 aromatic rings. The van der Waals surface area contributed by atoms with Gasteiger partial charge in [-0.1, -0.05) is 13.3 Å². The smallest absolute Gasteiger partial charge is 0.355 e. The zero-order chi connectivity index (χ0) is 21.0. The van der Waals surface area contributed by atoms with Crippen LogP contribution in [0.1, 0.15) is 37.4 Å². The summed E-state index contributed by atoms with van der Waals surface area (Å²) >= 11 is 0. The Morgan fingerprint density at radius 1 is 1.16 bits per heavy atom. The number of nitrogens with zero attached hydrogens (tertiary/aromatic N) is 3. The second-order valence-electron chi connectivity index (χ2n) is 7.18. The number of halogens is 6. The number of hydrogen-bond donors (Lipinski definition) is 2. The molecule has 2 heterocycles. The molecule has 1 atom stereocenters. The van der Waals surface area contributed by atoms with Crippen molar-refractivity contribution in [3.8, 4) is 0 Å². The lowest BCUT2D eigenvalue weighted by Gasteiger charge is -2.33. The second-order valence-corrected chi connectivity index (χ2v) is 7.18. The number of aryl methyl sites for hydroxylation is 1. The summed E-state index contributed by atoms with van der Waals surface area (Å²) in [5.74, 6) is -0.364. The molecule has 1 aromatic heterocycles. The lowest BCUT2D eigenvalue weighted by molar-refractivity contribution is -0.139. The van der Waals surface area contributed by atoms with Gasteiger partial charge in [0.2, 0.25) is 5.95 Å². The predicted octanol–water partition coefficient (Wildman–Crippen LogP) is 5.36. The van der Waals surface area contributed by atoms with Crippen LogP contribution in [-0.4, -0.2) is 36.1 Å². The molecule has 1 aliphatic rings. The Labute approximate surface area is 191 Å². The van der Waals surface area contributed by atoms with E-state index in [0.29, 0.717) is 6.04 Å². The summed E-state index contributed by atoms with van der Waals surface area (Å²) < 4.78 is 52.5. The maximum atomic E-state index is 13.6. The fourth-order valence-corrected chi connectivity index (χ4v) is 3.46. The number of rotatable bonds is 6. The van der Waals surface area contributed by atoms with Crippen LogP contribution in [0.15, 0.2) is 24.3 Å². The molecule has 2 N–H and O–H groups in total. The summed E-state index contributed by atoms with van der Waals surface area (Å²) in [6.07, 6.45) is -1.06. The summed E-state index contributed by atoms with van der Waals surface area (Å²) in [6, 6.07) is 5.07. The quantitative estimate of drug-likeness (QED) is 0.541. The van der Waals surface area contributed by atoms with Crippen LogP contribution in [0.5, 0.6) is 0 Å². The molecular formula is C20H27Cl2F4N5. The molecule has 31 heavy (non-hydrogen) atoms. The minimum atomic E-state index is -4.77. The zero-order valence-electron chi connectivity index (χ0n) is 17.3. The molecule has 174 valence electrons. The van der Waals surface area contributed by atoms with Crippen molar-refractivity contribution < 1.29 is 17.6 Å². The summed E-state index contributed by atoms with van der Waals surface area (Å²) in [7, 11) is 1.93. The lowest BCUT2D eigenvalue weighted by Crippen LogP contribution is -2.44. The van der Waals surface area contributed by atoms with Gasteiger partial charge in [-0.25, -0.2) is 9.37 Å². The van der Waals surface area contributed by atoms with E-state index in [2.05, 4.69) is 25.5 Å². The minimum absolute atomic E-state index is 0. The fourth-order valence-electron chi connectivity index (χ4n) is 3.46. The van der Waals surface area contributed by atoms with Crippen molar-refractivity contribution in [1.29, 1.82) is 0 Å². The SMILES string of the molecule is CCCc1cc(N2CCCC(NC)C2)nc(Nc2ccc(F)c(C(F)(F)F)c2)n1.Cl.Cl. The number of hydrogen-bond acceptors (Lipinski definition) is 5. The third kappa shape index (κ3) is 7.08. The Hall–Kier alpha value is -1.84. The van der Waals surface area contributed by atoms with Gasteiger partial charge in [-0.2, -0.15) is 18.2 Å². The van der Waals surface area contributed by atoms with E-state index in [1.165, 1.54) is 6.07 Å². The van der Waals surface area contributed by atoms with E-state index in [1.54, 1.807) is 0 Å². The Bertz CT molecular complexity index is 851. The molecule has 1 aromatic carbocycles. The van der Waals surface area contributed by atoms with E-state index >= 15 is 0 Å². The van der Waals surface area contributed by atoms with Gasteiger partial charge < -0.3 is 15.5 Å². The Morgan fingerprint density at radius 3 is 2.55 bits per heavy atom. The topological polar surface area (TPSA) is 53.1 Å². The minimum Gasteiger partial charge on any atom is -0.355 e. The standard InChI is InChI=1S/C20H25F4N5.2ClH/c1-3-5-13-11-18(29-9-4-6-15(12-29)25-2)28-19(26-13)27-14-7-8-17(21)16(10-14)20(22,23)24;;/h7-8,10-11,15,25H,3-6,9,12H2,1-2H3,(H,26,27,28);2*1H. The lowest BCUT2D eigenvalue weighted by atomic mass is 10.1. The van der Waals surface area contributed by atoms with Crippen molar-refractivity contribution in [3.05, 3.63) is 41.3 Å². The Kier molecular flexibility index (Phi) is 10.3. The molecule has 0 spiro atoms. The molecule has 0 bridgehead atoms. The molecule has 11 heteroatoms. The van der Waals surface area contributed by atoms with Gasteiger partial charge in [-0.05, 0) is 44.5 Å². The first-order chi connectivity index (χ1) is 13.8. The highest BCUT2D eigenvalue weighted by molar-refractivity contribution is 5.85. The number of benzene rings is 1. The van der Waals surface area contributed by atoms with Crippen molar-refractivity contribution in [2.24, 2.45) is 0 Å². The van der Waals surface area contributed by atoms with Crippen LogP contribution in [0, 0.1) is 5.82 Å². The Morgan fingerprint density at radius 2 is 1.90 bits per heavy atom. The van der Waals surface area contributed by atoms with Gasteiger partial charge in [0.25, 0.3) is 0 Å². The van der Waals surface area contributed by atoms with Crippen molar-refractivity contribution in [1.82, 2.24) is 15.3 Å². The molecule has 1 aliphatic heterocycles. The van der Waals surface area contributed by atoms with Crippen LogP contribution in [-0.2, 0) is 12.6 Å². The molecule has 0 radical (unpaired) electrons. The van der Waals surface area contributed by atoms with Crippen molar-refractivity contribution >= 4 is 42.3 Å². The molecular weight excluding hydrogens is 457 g/mol. The van der Waals surface area contributed by atoms with E-state index < -0.39 is 17.6 Å². The fraction of sp³-hybridized carbons (Fsp3) is 0.500. The molecule has 1 saturated heterocycles. The number of alkyl halides is 3. The first kappa shape index (κ1) is 27.2. The van der Waals surface area contributed by atoms with Crippen LogP contribution in [0.2, 0.25) is 0 Å². The monoisotopic (exact) mass is 483 g/mol. The van der Waals surface area contributed by atoms with Gasteiger partial charge in [0.1, 0.15) is 11.6 Å². The number of likely N-dealkylation sites (N-methyl/N-ethyl adjacent to an activating group) is 1. The summed E-state index contributed by atoms with van der Waals surface area (Å²) in [6.45, 7) is 3.69. The summed E-state index contributed by atoms with van der Waals surface area (Å²) in [4.78, 5) is 11.1. The number of piperidine rings is 1. The molecule has 0 amide bonds. The van der Waals surface area contributed by atoms with Gasteiger partial charge in [0.15, 0.2) is 0 Å². The molecule has 0 saturated carbocycles. The van der Waals surface area contributed by atoms with E-state index in [4.69, 9.17) is 0 Å². The molecule has 1 unspecified atom stereocenters. The van der Waals surface area contributed by atoms with Gasteiger partial charge in [0.05, 0.1) is 5.56 Å². The van der Waals surface area contributed by atoms with Gasteiger partial charge >= 0.3 is 6.18 Å². The molecule has 5 nitrogen and oxygen atoms in total. The van der Waals surface area contributed by atoms with Crippen molar-refractivity contribution in [2.75, 3.05) is 30.4 Å². The van der Waals surface area contributed by atoms with Crippen LogP contribution in [0.3, 0.4) is 0 Å². The van der Waals surface area contributed by atoms with Gasteiger partial charge in [-0.15, -0.1) is 24.8 Å². The van der Waals surface area contributed by atoms with Crippen LogP contribution in [0.4, 0.5) is 35.0 Å². The molecule has 0 aliphatic carbocycles. The van der Waals surface area contributed by atoms with Crippen LogP contribution in [0.25, 0.3) is 0 Å². The summed E-state index contributed by atoms with van der Waals surface area (Å²) in [5, 5.41) is 6.10. The highest BCUT2D eigenvalue weighted by atomic mass is 35.5. The van der Waals surface area contributed by atoms with Crippen LogP contribution < -0.4 is 15.5 Å². The first-order valence-electron chi connectivity index (χ1n) is 9.74. The largest absolute Gasteiger partial charge is 0.419 e. The summed E-state index contributed by atoms with van der Waals surface area (Å²) in [5.41, 5.74) is -0.421. The Balaban J connectivity index is 0.00000240. The highest BCUT2D eigenvalue weighted by Gasteiger charge is 2.34. The number of anilines is 3. The van der Waals surface area contributed by atoms with E-state index in [0.717, 1.165) is 62.4 Å². The van der Waals surface area contributed by atoms with Crippen molar-refractivity contribution in [3.63, 3.8) is 0 Å². The van der Waals surface area contributed by atoms with Gasteiger partial charge in [0, 0.05) is 36.6 Å². The van der Waals surface area contributed by atoms with Crippen molar-refractivity contribution in [2.45, 2.75) is 44.8 Å². The maximum absolute atomic E-state index is 13.6. The first-order valence-corrected chi connectivity index (χ1v) is 9.74. The highest BCUT2D eigenvalue weighted by Crippen LogP contribution is 2.33. The van der Waals surface area contributed by atoms with E-state index in [9.17, 15) is 17.6 Å². The van der Waals surface area contributed by atoms with Crippen LogP contribution >= 0.6 is 24.8 Å². The third-order valence-corrected chi connectivity index (χ3v) is 4.95.